The lowest BCUT2D eigenvalue weighted by atomic mass is 10.2. The van der Waals surface area contributed by atoms with Crippen LogP contribution in [-0.2, 0) is 9.59 Å². The van der Waals surface area contributed by atoms with Crippen molar-refractivity contribution in [2.24, 2.45) is 9.98 Å². The third-order valence-corrected chi connectivity index (χ3v) is 1.46. The number of nitrogens with zero attached hydrogens (tertiary/aromatic N) is 3. The highest BCUT2D eigenvalue weighted by atomic mass is 16.5. The molecule has 1 rings (SSSR count). The van der Waals surface area contributed by atoms with Gasteiger partial charge in [0.25, 0.3) is 6.26 Å². The summed E-state index contributed by atoms with van der Waals surface area (Å²) in [5.74, 6) is 0.0253. The highest BCUT2D eigenvalue weighted by molar-refractivity contribution is 5.74. The molecule has 0 spiro atoms. The molecule has 0 fully saturated rings. The summed E-state index contributed by atoms with van der Waals surface area (Å²) in [6.45, 7) is 0. The van der Waals surface area contributed by atoms with Crippen LogP contribution >= 0.6 is 0 Å². The van der Waals surface area contributed by atoms with Crippen LogP contribution in [0.4, 0.5) is 11.4 Å². The Hall–Kier alpha value is -2.73. The maximum atomic E-state index is 10.1. The predicted molar refractivity (Wildman–Crippen MR) is 48.2 cm³/mol. The average molecular weight is 201 g/mol. The summed E-state index contributed by atoms with van der Waals surface area (Å²) in [5, 5.41) is 8.31. The molecule has 6 heteroatoms. The van der Waals surface area contributed by atoms with Gasteiger partial charge in [-0.2, -0.15) is 9.98 Å². The smallest absolute Gasteiger partial charge is 0.292 e. The van der Waals surface area contributed by atoms with Gasteiger partial charge in [0.1, 0.15) is 11.4 Å². The number of nitriles is 1. The average Bonchev–Trinajstić information content (AvgIpc) is 2.23. The largest absolute Gasteiger partial charge is 0.386 e. The Balaban J connectivity index is 3.41. The van der Waals surface area contributed by atoms with Gasteiger partial charge in [-0.3, -0.25) is 0 Å². The Labute approximate surface area is 84.1 Å². The predicted octanol–water partition coefficient (Wildman–Crippen LogP) is 1.48. The first-order valence-corrected chi connectivity index (χ1v) is 3.68. The molecule has 0 saturated carbocycles. The molecule has 0 N–H and O–H groups in total. The second kappa shape index (κ2) is 5.10. The first kappa shape index (κ1) is 10.4. The summed E-state index contributed by atoms with van der Waals surface area (Å²) in [4.78, 5) is 26.8. The van der Waals surface area contributed by atoms with Crippen molar-refractivity contribution in [2.45, 2.75) is 0 Å². The van der Waals surface area contributed by atoms with Crippen LogP contribution in [0.3, 0.4) is 0 Å². The molecule has 0 saturated heterocycles. The molecule has 72 valence electrons. The molecule has 6 nitrogen and oxygen atoms in total. The molecule has 0 aliphatic carbocycles. The minimum absolute atomic E-state index is 0.0253. The van der Waals surface area contributed by atoms with E-state index in [0.29, 0.717) is 0 Å². The topological polar surface area (TPSA) is 91.9 Å². The second-order valence-corrected chi connectivity index (χ2v) is 2.22. The lowest BCUT2D eigenvalue weighted by Gasteiger charge is -2.01. The van der Waals surface area contributed by atoms with E-state index in [4.69, 9.17) is 5.26 Å². The molecule has 1 aromatic rings. The van der Waals surface area contributed by atoms with Crippen LogP contribution in [-0.4, -0.2) is 12.2 Å². The number of isocyanates is 2. The lowest BCUT2D eigenvalue weighted by Crippen LogP contribution is -1.82. The molecule has 1 aromatic carbocycles. The monoisotopic (exact) mass is 201 g/mol. The summed E-state index contributed by atoms with van der Waals surface area (Å²) < 4.78 is 4.52. The van der Waals surface area contributed by atoms with E-state index in [9.17, 15) is 9.59 Å². The van der Waals surface area contributed by atoms with Gasteiger partial charge in [0.15, 0.2) is 5.75 Å². The molecule has 0 bridgehead atoms. The fourth-order valence-corrected chi connectivity index (χ4v) is 0.940. The standard InChI is InChI=1S/C9H3N3O3/c10-4-15-8-3-1-2-7(11-5-13)9(8)12-6-14/h1-3H. The van der Waals surface area contributed by atoms with Gasteiger partial charge in [0.2, 0.25) is 12.2 Å². The molecule has 0 radical (unpaired) electrons. The number of benzene rings is 1. The van der Waals surface area contributed by atoms with Crippen molar-refractivity contribution in [1.29, 1.82) is 5.26 Å². The van der Waals surface area contributed by atoms with Gasteiger partial charge in [-0.15, -0.1) is 5.26 Å². The first-order valence-electron chi connectivity index (χ1n) is 3.68. The summed E-state index contributed by atoms with van der Waals surface area (Å²) in [7, 11) is 0. The summed E-state index contributed by atoms with van der Waals surface area (Å²) in [5.41, 5.74) is 0.0542. The molecule has 0 aliphatic rings. The van der Waals surface area contributed by atoms with Crippen LogP contribution in [0, 0.1) is 11.5 Å². The Morgan fingerprint density at radius 1 is 1.20 bits per heavy atom. The Bertz CT molecular complexity index is 506. The van der Waals surface area contributed by atoms with Crippen LogP contribution in [0.25, 0.3) is 0 Å². The van der Waals surface area contributed by atoms with Crippen molar-refractivity contribution in [3.8, 4) is 12.0 Å². The highest BCUT2D eigenvalue weighted by Gasteiger charge is 2.08. The zero-order valence-corrected chi connectivity index (χ0v) is 7.30. The van der Waals surface area contributed by atoms with E-state index in [1.807, 2.05) is 0 Å². The van der Waals surface area contributed by atoms with Crippen molar-refractivity contribution in [1.82, 2.24) is 0 Å². The molecule has 0 heterocycles. The minimum Gasteiger partial charge on any atom is -0.386 e. The van der Waals surface area contributed by atoms with Crippen LogP contribution in [0.15, 0.2) is 28.2 Å². The van der Waals surface area contributed by atoms with Crippen LogP contribution in [0.5, 0.6) is 5.75 Å². The number of hydrogen-bond donors (Lipinski definition) is 0. The van der Waals surface area contributed by atoms with Gasteiger partial charge in [0.05, 0.1) is 0 Å². The highest BCUT2D eigenvalue weighted by Crippen LogP contribution is 2.36. The van der Waals surface area contributed by atoms with E-state index in [0.717, 1.165) is 0 Å². The van der Waals surface area contributed by atoms with Gasteiger partial charge in [-0.1, -0.05) is 6.07 Å². The number of hydrogen-bond acceptors (Lipinski definition) is 6. The SMILES string of the molecule is N#COc1cccc(N=C=O)c1N=C=O. The van der Waals surface area contributed by atoms with Crippen LogP contribution < -0.4 is 4.74 Å². The zero-order chi connectivity index (χ0) is 11.1. The van der Waals surface area contributed by atoms with E-state index < -0.39 is 0 Å². The molecule has 15 heavy (non-hydrogen) atoms. The molecular weight excluding hydrogens is 198 g/mol. The number of para-hydroxylation sites is 1. The molecule has 0 aromatic heterocycles. The van der Waals surface area contributed by atoms with Crippen LogP contribution in [0.1, 0.15) is 0 Å². The van der Waals surface area contributed by atoms with Crippen LogP contribution in [0.2, 0.25) is 0 Å². The molecule has 0 amide bonds. The van der Waals surface area contributed by atoms with E-state index in [2.05, 4.69) is 14.7 Å². The Morgan fingerprint density at radius 3 is 2.53 bits per heavy atom. The first-order chi connectivity index (χ1) is 7.33. The third-order valence-electron chi connectivity index (χ3n) is 1.46. The second-order valence-electron chi connectivity index (χ2n) is 2.22. The Kier molecular flexibility index (Phi) is 3.52. The third kappa shape index (κ3) is 2.36. The van der Waals surface area contributed by atoms with Crippen molar-refractivity contribution >= 4 is 23.5 Å². The fourth-order valence-electron chi connectivity index (χ4n) is 0.940. The zero-order valence-electron chi connectivity index (χ0n) is 7.30. The van der Waals surface area contributed by atoms with Crippen molar-refractivity contribution in [2.75, 3.05) is 0 Å². The summed E-state index contributed by atoms with van der Waals surface area (Å²) in [6, 6.07) is 4.32. The molecule has 0 atom stereocenters. The fraction of sp³-hybridized carbons (Fsp3) is 0. The van der Waals surface area contributed by atoms with E-state index in [1.165, 1.54) is 36.6 Å². The number of ether oxygens (including phenoxy) is 1. The van der Waals surface area contributed by atoms with E-state index in [-0.39, 0.29) is 17.1 Å². The van der Waals surface area contributed by atoms with E-state index >= 15 is 0 Å². The van der Waals surface area contributed by atoms with Crippen molar-refractivity contribution < 1.29 is 14.3 Å². The maximum Gasteiger partial charge on any atom is 0.292 e. The number of aliphatic imine (C=N–C) groups is 2. The van der Waals surface area contributed by atoms with Gasteiger partial charge in [-0.25, -0.2) is 9.59 Å². The maximum absolute atomic E-state index is 10.1. The van der Waals surface area contributed by atoms with Crippen molar-refractivity contribution in [3.05, 3.63) is 18.2 Å². The van der Waals surface area contributed by atoms with Gasteiger partial charge in [0, 0.05) is 0 Å². The van der Waals surface area contributed by atoms with Crippen molar-refractivity contribution in [3.63, 3.8) is 0 Å². The number of carbonyl (C=O) groups excluding carboxylic acids is 2. The van der Waals surface area contributed by atoms with Gasteiger partial charge < -0.3 is 4.74 Å². The van der Waals surface area contributed by atoms with E-state index in [1.54, 1.807) is 0 Å². The number of rotatable bonds is 3. The minimum atomic E-state index is -0.0302. The normalized spacial score (nSPS) is 7.93. The summed E-state index contributed by atoms with van der Waals surface area (Å²) in [6.07, 6.45) is 4.00. The van der Waals surface area contributed by atoms with Gasteiger partial charge >= 0.3 is 0 Å². The summed E-state index contributed by atoms with van der Waals surface area (Å²) >= 11 is 0. The van der Waals surface area contributed by atoms with Gasteiger partial charge in [-0.05, 0) is 12.1 Å². The molecule has 0 aliphatic heterocycles. The quantitative estimate of drug-likeness (QED) is 0.420. The Morgan fingerprint density at radius 2 is 1.93 bits per heavy atom. The molecular formula is C9H3N3O3. The molecule has 0 unspecified atom stereocenters. The lowest BCUT2D eigenvalue weighted by molar-refractivity contribution is 0.508.